The van der Waals surface area contributed by atoms with Gasteiger partial charge in [0, 0.05) is 10.9 Å². The number of nitrogens with one attached hydrogen (secondary N) is 1. The molecule has 0 spiro atoms. The van der Waals surface area contributed by atoms with Gasteiger partial charge in [-0.2, -0.15) is 0 Å². The zero-order valence-electron chi connectivity index (χ0n) is 20.8. The van der Waals surface area contributed by atoms with Crippen LogP contribution >= 0.6 is 11.6 Å². The van der Waals surface area contributed by atoms with E-state index in [1.54, 1.807) is 48.5 Å². The molecule has 4 aromatic rings. The van der Waals surface area contributed by atoms with Crippen LogP contribution in [0.1, 0.15) is 15.9 Å². The molecule has 0 atom stereocenters. The molecular weight excluding hydrogens is 496 g/mol. The fourth-order valence-corrected chi connectivity index (χ4v) is 4.12. The van der Waals surface area contributed by atoms with Gasteiger partial charge in [-0.15, -0.1) is 0 Å². The number of hydrogen-bond donors (Lipinski definition) is 1. The highest BCUT2D eigenvalue weighted by atomic mass is 35.5. The molecule has 0 saturated carbocycles. The molecule has 3 aromatic carbocycles. The van der Waals surface area contributed by atoms with Crippen molar-refractivity contribution in [2.75, 3.05) is 33.3 Å². The Morgan fingerprint density at radius 3 is 2.27 bits per heavy atom. The van der Waals surface area contributed by atoms with Crippen molar-refractivity contribution in [2.24, 2.45) is 0 Å². The van der Waals surface area contributed by atoms with Gasteiger partial charge in [0.05, 0.1) is 48.8 Å². The fourth-order valence-electron chi connectivity index (χ4n) is 3.84. The number of aryl methyl sites for hydroxylation is 1. The van der Waals surface area contributed by atoms with Crippen LogP contribution in [0.3, 0.4) is 0 Å². The zero-order valence-corrected chi connectivity index (χ0v) is 21.5. The highest BCUT2D eigenvalue weighted by Gasteiger charge is 2.19. The number of pyridine rings is 1. The number of hydrogen-bond acceptors (Lipinski definition) is 7. The number of ether oxygens (including phenoxy) is 4. The third kappa shape index (κ3) is 5.59. The Morgan fingerprint density at radius 1 is 0.919 bits per heavy atom. The highest BCUT2D eigenvalue weighted by molar-refractivity contribution is 6.33. The summed E-state index contributed by atoms with van der Waals surface area (Å²) >= 11 is 6.18. The predicted octanol–water partition coefficient (Wildman–Crippen LogP) is 5.68. The summed E-state index contributed by atoms with van der Waals surface area (Å²) in [5.41, 5.74) is 3.36. The Labute approximate surface area is 219 Å². The summed E-state index contributed by atoms with van der Waals surface area (Å²) in [5.74, 6) is 0.151. The van der Waals surface area contributed by atoms with Gasteiger partial charge in [-0.05, 0) is 48.9 Å². The molecule has 0 aliphatic rings. The van der Waals surface area contributed by atoms with Gasteiger partial charge in [0.2, 0.25) is 5.75 Å². The van der Waals surface area contributed by atoms with Gasteiger partial charge in [0.15, 0.2) is 18.1 Å². The Balaban J connectivity index is 1.64. The van der Waals surface area contributed by atoms with Gasteiger partial charge in [0.25, 0.3) is 5.91 Å². The van der Waals surface area contributed by atoms with Crippen LogP contribution in [-0.4, -0.2) is 44.8 Å². The number of fused-ring (bicyclic) bond motifs is 1. The molecule has 37 heavy (non-hydrogen) atoms. The molecule has 0 radical (unpaired) electrons. The number of rotatable bonds is 8. The van der Waals surface area contributed by atoms with E-state index in [-0.39, 0.29) is 5.56 Å². The molecule has 0 unspecified atom stereocenters. The number of carbonyl (C=O) groups excluding carboxylic acids is 2. The Kier molecular flexibility index (Phi) is 7.79. The lowest BCUT2D eigenvalue weighted by Gasteiger charge is -2.15. The van der Waals surface area contributed by atoms with Crippen LogP contribution in [0.15, 0.2) is 60.7 Å². The van der Waals surface area contributed by atoms with Crippen molar-refractivity contribution in [2.45, 2.75) is 6.92 Å². The molecule has 0 bridgehead atoms. The zero-order chi connectivity index (χ0) is 26.5. The summed E-state index contributed by atoms with van der Waals surface area (Å²) in [6.07, 6.45) is 0. The Bertz CT molecular complexity index is 1460. The minimum absolute atomic E-state index is 0.260. The second-order valence-corrected chi connectivity index (χ2v) is 8.50. The number of esters is 1. The topological polar surface area (TPSA) is 96.0 Å². The van der Waals surface area contributed by atoms with Gasteiger partial charge in [-0.1, -0.05) is 35.9 Å². The van der Waals surface area contributed by atoms with E-state index in [1.165, 1.54) is 21.3 Å². The monoisotopic (exact) mass is 520 g/mol. The van der Waals surface area contributed by atoms with E-state index in [0.717, 1.165) is 5.56 Å². The van der Waals surface area contributed by atoms with Crippen molar-refractivity contribution in [1.29, 1.82) is 0 Å². The molecule has 0 aliphatic carbocycles. The quantitative estimate of drug-likeness (QED) is 0.298. The third-order valence-electron chi connectivity index (χ3n) is 5.63. The molecule has 0 aliphatic heterocycles. The van der Waals surface area contributed by atoms with E-state index in [4.69, 9.17) is 35.5 Å². The van der Waals surface area contributed by atoms with Crippen LogP contribution in [0.5, 0.6) is 17.2 Å². The van der Waals surface area contributed by atoms with Crippen molar-refractivity contribution in [1.82, 2.24) is 4.98 Å². The number of halogens is 1. The maximum Gasteiger partial charge on any atom is 0.339 e. The van der Waals surface area contributed by atoms with E-state index in [1.807, 2.05) is 19.1 Å². The molecule has 1 heterocycles. The molecule has 8 nitrogen and oxygen atoms in total. The normalized spacial score (nSPS) is 10.6. The molecule has 1 aromatic heterocycles. The average Bonchev–Trinajstić information content (AvgIpc) is 2.91. The molecular formula is C28H25ClN2O6. The number of benzene rings is 3. The third-order valence-corrected chi connectivity index (χ3v) is 5.94. The summed E-state index contributed by atoms with van der Waals surface area (Å²) in [6, 6.07) is 17.5. The number of amides is 1. The molecule has 1 N–H and O–H groups in total. The number of aromatic nitrogens is 1. The second kappa shape index (κ2) is 11.2. The van der Waals surface area contributed by atoms with Crippen LogP contribution in [0.2, 0.25) is 5.02 Å². The maximum atomic E-state index is 13.1. The van der Waals surface area contributed by atoms with Crippen LogP contribution in [0.4, 0.5) is 5.69 Å². The number of methoxy groups -OCH3 is 3. The smallest absolute Gasteiger partial charge is 0.339 e. The summed E-state index contributed by atoms with van der Waals surface area (Å²) in [7, 11) is 4.56. The summed E-state index contributed by atoms with van der Waals surface area (Å²) in [6.45, 7) is 1.41. The second-order valence-electron chi connectivity index (χ2n) is 8.09. The van der Waals surface area contributed by atoms with E-state index >= 15 is 0 Å². The first-order chi connectivity index (χ1) is 17.8. The first-order valence-electron chi connectivity index (χ1n) is 11.3. The number of carbonyl (C=O) groups is 2. The summed E-state index contributed by atoms with van der Waals surface area (Å²) in [5, 5.41) is 3.64. The van der Waals surface area contributed by atoms with Crippen LogP contribution in [0.25, 0.3) is 22.2 Å². The molecule has 9 heteroatoms. The standard InChI is InChI=1S/C28H25ClN2O6/c1-16-9-10-22(20(29)11-16)31-26(32)15-37-28(33)19-14-23(30-21-8-6-5-7-18(19)21)17-12-24(34-2)27(36-4)25(13-17)35-3/h5-14H,15H2,1-4H3,(H,31,32). The lowest BCUT2D eigenvalue weighted by molar-refractivity contribution is -0.119. The fraction of sp³-hybridized carbons (Fsp3) is 0.179. The van der Waals surface area contributed by atoms with E-state index < -0.39 is 18.5 Å². The van der Waals surface area contributed by atoms with Crippen molar-refractivity contribution in [3.63, 3.8) is 0 Å². The van der Waals surface area contributed by atoms with Gasteiger partial charge in [0.1, 0.15) is 0 Å². The molecule has 0 fully saturated rings. The van der Waals surface area contributed by atoms with Gasteiger partial charge in [-0.25, -0.2) is 9.78 Å². The number of nitrogens with zero attached hydrogens (tertiary/aromatic N) is 1. The van der Waals surface area contributed by atoms with Crippen LogP contribution in [0, 0.1) is 6.92 Å². The van der Waals surface area contributed by atoms with Crippen molar-refractivity contribution in [3.05, 3.63) is 76.8 Å². The van der Waals surface area contributed by atoms with Crippen molar-refractivity contribution >= 4 is 40.1 Å². The Hall–Kier alpha value is -4.30. The number of anilines is 1. The highest BCUT2D eigenvalue weighted by Crippen LogP contribution is 2.41. The average molecular weight is 521 g/mol. The molecule has 190 valence electrons. The first-order valence-corrected chi connectivity index (χ1v) is 11.7. The minimum atomic E-state index is -0.669. The van der Waals surface area contributed by atoms with Crippen LogP contribution in [-0.2, 0) is 9.53 Å². The van der Waals surface area contributed by atoms with E-state index in [9.17, 15) is 9.59 Å². The largest absolute Gasteiger partial charge is 0.493 e. The number of para-hydroxylation sites is 1. The lowest BCUT2D eigenvalue weighted by atomic mass is 10.0. The van der Waals surface area contributed by atoms with Crippen molar-refractivity contribution in [3.8, 4) is 28.5 Å². The van der Waals surface area contributed by atoms with E-state index in [2.05, 4.69) is 5.32 Å². The SMILES string of the molecule is COc1cc(-c2cc(C(=O)OCC(=O)Nc3ccc(C)cc3Cl)c3ccccc3n2)cc(OC)c1OC. The first kappa shape index (κ1) is 25.8. The Morgan fingerprint density at radius 2 is 1.62 bits per heavy atom. The summed E-state index contributed by atoms with van der Waals surface area (Å²) in [4.78, 5) is 30.3. The van der Waals surface area contributed by atoms with E-state index in [0.29, 0.717) is 50.1 Å². The lowest BCUT2D eigenvalue weighted by Crippen LogP contribution is -2.21. The van der Waals surface area contributed by atoms with Gasteiger partial charge < -0.3 is 24.3 Å². The van der Waals surface area contributed by atoms with Gasteiger partial charge in [-0.3, -0.25) is 4.79 Å². The molecule has 0 saturated heterocycles. The van der Waals surface area contributed by atoms with Crippen LogP contribution < -0.4 is 19.5 Å². The minimum Gasteiger partial charge on any atom is -0.493 e. The summed E-state index contributed by atoms with van der Waals surface area (Å²) < 4.78 is 21.7. The predicted molar refractivity (Wildman–Crippen MR) is 142 cm³/mol. The van der Waals surface area contributed by atoms with Crippen molar-refractivity contribution < 1.29 is 28.5 Å². The maximum absolute atomic E-state index is 13.1. The van der Waals surface area contributed by atoms with Gasteiger partial charge >= 0.3 is 5.97 Å². The molecule has 1 amide bonds. The molecule has 4 rings (SSSR count).